The standard InChI is InChI=1S/C23H24N4O4/c1-23(2,3)31-22(30)27-19-12-16-8-5-4-7-15(16)11-18(19)21(29)25-14-20(28)26-17-9-6-10-24-13-17/h4-13H,14H2,1-3H3,(H,25,29)(H,26,28)(H,27,30). The third-order valence-corrected chi connectivity index (χ3v) is 4.12. The molecular formula is C23H24N4O4. The Bertz CT molecular complexity index is 1110. The molecule has 0 radical (unpaired) electrons. The molecule has 0 fully saturated rings. The molecule has 1 aromatic heterocycles. The van der Waals surface area contributed by atoms with E-state index in [1.54, 1.807) is 51.2 Å². The number of carbonyl (C=O) groups excluding carboxylic acids is 3. The minimum Gasteiger partial charge on any atom is -0.444 e. The first-order valence-electron chi connectivity index (χ1n) is 9.72. The van der Waals surface area contributed by atoms with E-state index in [4.69, 9.17) is 4.74 Å². The number of hydrogen-bond donors (Lipinski definition) is 3. The third-order valence-electron chi connectivity index (χ3n) is 4.12. The molecule has 0 atom stereocenters. The van der Waals surface area contributed by atoms with Gasteiger partial charge in [-0.15, -0.1) is 0 Å². The molecule has 3 amide bonds. The normalized spacial score (nSPS) is 10.9. The van der Waals surface area contributed by atoms with Gasteiger partial charge in [0.15, 0.2) is 0 Å². The van der Waals surface area contributed by atoms with Gasteiger partial charge in [-0.1, -0.05) is 24.3 Å². The maximum atomic E-state index is 12.8. The maximum absolute atomic E-state index is 12.8. The number of anilines is 2. The second-order valence-electron chi connectivity index (χ2n) is 7.84. The number of carbonyl (C=O) groups is 3. The number of aromatic nitrogens is 1. The molecule has 0 aliphatic heterocycles. The average Bonchev–Trinajstić information content (AvgIpc) is 2.71. The van der Waals surface area contributed by atoms with Crippen LogP contribution >= 0.6 is 0 Å². The van der Waals surface area contributed by atoms with Crippen LogP contribution < -0.4 is 16.0 Å². The van der Waals surface area contributed by atoms with Crippen molar-refractivity contribution in [2.45, 2.75) is 26.4 Å². The van der Waals surface area contributed by atoms with Crippen molar-refractivity contribution in [3.05, 3.63) is 66.5 Å². The highest BCUT2D eigenvalue weighted by Gasteiger charge is 2.20. The van der Waals surface area contributed by atoms with Crippen LogP contribution in [-0.2, 0) is 9.53 Å². The molecule has 0 unspecified atom stereocenters. The van der Waals surface area contributed by atoms with Crippen molar-refractivity contribution < 1.29 is 19.1 Å². The van der Waals surface area contributed by atoms with Gasteiger partial charge in [-0.05, 0) is 55.8 Å². The van der Waals surface area contributed by atoms with E-state index < -0.39 is 23.5 Å². The molecule has 0 saturated carbocycles. The summed E-state index contributed by atoms with van der Waals surface area (Å²) in [6.45, 7) is 5.01. The van der Waals surface area contributed by atoms with Gasteiger partial charge in [-0.2, -0.15) is 0 Å². The number of benzene rings is 2. The number of pyridine rings is 1. The van der Waals surface area contributed by atoms with Crippen molar-refractivity contribution in [2.75, 3.05) is 17.2 Å². The zero-order chi connectivity index (χ0) is 22.4. The van der Waals surface area contributed by atoms with Crippen LogP contribution in [0.5, 0.6) is 0 Å². The smallest absolute Gasteiger partial charge is 0.412 e. The zero-order valence-corrected chi connectivity index (χ0v) is 17.6. The minimum absolute atomic E-state index is 0.221. The number of amides is 3. The first-order valence-corrected chi connectivity index (χ1v) is 9.72. The molecule has 0 aliphatic rings. The molecule has 0 spiro atoms. The Kier molecular flexibility index (Phi) is 6.49. The van der Waals surface area contributed by atoms with E-state index in [2.05, 4.69) is 20.9 Å². The van der Waals surface area contributed by atoms with Crippen LogP contribution in [0, 0.1) is 0 Å². The number of nitrogens with one attached hydrogen (secondary N) is 3. The van der Waals surface area contributed by atoms with Crippen LogP contribution in [0.4, 0.5) is 16.2 Å². The second kappa shape index (κ2) is 9.25. The van der Waals surface area contributed by atoms with Gasteiger partial charge in [-0.3, -0.25) is 19.9 Å². The fraction of sp³-hybridized carbons (Fsp3) is 0.217. The summed E-state index contributed by atoms with van der Waals surface area (Å²) in [6.07, 6.45) is 2.42. The molecule has 0 bridgehead atoms. The predicted octanol–water partition coefficient (Wildman–Crippen LogP) is 3.95. The number of hydrogen-bond acceptors (Lipinski definition) is 5. The van der Waals surface area contributed by atoms with Crippen molar-refractivity contribution in [3.8, 4) is 0 Å². The average molecular weight is 420 g/mol. The lowest BCUT2D eigenvalue weighted by Gasteiger charge is -2.20. The fourth-order valence-electron chi connectivity index (χ4n) is 2.84. The van der Waals surface area contributed by atoms with Crippen LogP contribution in [0.25, 0.3) is 10.8 Å². The summed E-state index contributed by atoms with van der Waals surface area (Å²) in [4.78, 5) is 41.2. The molecule has 2 aromatic carbocycles. The van der Waals surface area contributed by atoms with E-state index in [9.17, 15) is 14.4 Å². The monoisotopic (exact) mass is 420 g/mol. The summed E-state index contributed by atoms with van der Waals surface area (Å²) in [5.41, 5.74) is 0.352. The predicted molar refractivity (Wildman–Crippen MR) is 119 cm³/mol. The summed E-state index contributed by atoms with van der Waals surface area (Å²) in [5, 5.41) is 9.53. The molecule has 8 nitrogen and oxygen atoms in total. The van der Waals surface area contributed by atoms with E-state index in [1.807, 2.05) is 24.3 Å². The molecule has 3 rings (SSSR count). The minimum atomic E-state index is -0.687. The van der Waals surface area contributed by atoms with Gasteiger partial charge < -0.3 is 15.4 Å². The summed E-state index contributed by atoms with van der Waals surface area (Å²) >= 11 is 0. The molecule has 31 heavy (non-hydrogen) atoms. The van der Waals surface area contributed by atoms with Gasteiger partial charge in [-0.25, -0.2) is 4.79 Å². The molecular weight excluding hydrogens is 396 g/mol. The third kappa shape index (κ3) is 6.27. The molecule has 1 heterocycles. The summed E-state index contributed by atoms with van der Waals surface area (Å²) in [6, 6.07) is 14.2. The van der Waals surface area contributed by atoms with Gasteiger partial charge in [0.05, 0.1) is 29.7 Å². The van der Waals surface area contributed by atoms with Gasteiger partial charge in [0.25, 0.3) is 5.91 Å². The number of rotatable bonds is 5. The maximum Gasteiger partial charge on any atom is 0.412 e. The lowest BCUT2D eigenvalue weighted by Crippen LogP contribution is -2.34. The quantitative estimate of drug-likeness (QED) is 0.579. The van der Waals surface area contributed by atoms with Gasteiger partial charge in [0.2, 0.25) is 5.91 Å². The van der Waals surface area contributed by atoms with Crippen molar-refractivity contribution in [3.63, 3.8) is 0 Å². The lowest BCUT2D eigenvalue weighted by atomic mass is 10.0. The molecule has 0 aliphatic carbocycles. The Morgan fingerprint density at radius 1 is 0.968 bits per heavy atom. The van der Waals surface area contributed by atoms with Crippen LogP contribution in [0.3, 0.4) is 0 Å². The summed E-state index contributed by atoms with van der Waals surface area (Å²) < 4.78 is 5.30. The van der Waals surface area contributed by atoms with Crippen molar-refractivity contribution in [1.29, 1.82) is 0 Å². The number of nitrogens with zero attached hydrogens (tertiary/aromatic N) is 1. The number of ether oxygens (including phenoxy) is 1. The number of fused-ring (bicyclic) bond motifs is 1. The van der Waals surface area contributed by atoms with Crippen LogP contribution in [-0.4, -0.2) is 35.0 Å². The Morgan fingerprint density at radius 3 is 2.32 bits per heavy atom. The Balaban J connectivity index is 1.77. The second-order valence-corrected chi connectivity index (χ2v) is 7.84. The van der Waals surface area contributed by atoms with Crippen LogP contribution in [0.2, 0.25) is 0 Å². The Hall–Kier alpha value is -3.94. The fourth-order valence-corrected chi connectivity index (χ4v) is 2.84. The molecule has 3 aromatic rings. The van der Waals surface area contributed by atoms with Gasteiger partial charge in [0, 0.05) is 6.20 Å². The van der Waals surface area contributed by atoms with Crippen molar-refractivity contribution in [2.24, 2.45) is 0 Å². The van der Waals surface area contributed by atoms with Crippen molar-refractivity contribution >= 4 is 40.1 Å². The lowest BCUT2D eigenvalue weighted by molar-refractivity contribution is -0.115. The van der Waals surface area contributed by atoms with E-state index in [0.717, 1.165) is 10.8 Å². The van der Waals surface area contributed by atoms with Crippen LogP contribution in [0.15, 0.2) is 60.9 Å². The molecule has 160 valence electrons. The highest BCUT2D eigenvalue weighted by Crippen LogP contribution is 2.25. The largest absolute Gasteiger partial charge is 0.444 e. The van der Waals surface area contributed by atoms with Crippen molar-refractivity contribution in [1.82, 2.24) is 10.3 Å². The molecule has 0 saturated heterocycles. The Morgan fingerprint density at radius 2 is 1.68 bits per heavy atom. The van der Waals surface area contributed by atoms with Crippen LogP contribution in [0.1, 0.15) is 31.1 Å². The SMILES string of the molecule is CC(C)(C)OC(=O)Nc1cc2ccccc2cc1C(=O)NCC(=O)Nc1cccnc1. The molecule has 3 N–H and O–H groups in total. The first-order chi connectivity index (χ1) is 14.7. The summed E-state index contributed by atoms with van der Waals surface area (Å²) in [7, 11) is 0. The topological polar surface area (TPSA) is 109 Å². The Labute approximate surface area is 180 Å². The highest BCUT2D eigenvalue weighted by atomic mass is 16.6. The van der Waals surface area contributed by atoms with E-state index >= 15 is 0 Å². The van der Waals surface area contributed by atoms with Gasteiger partial charge >= 0.3 is 6.09 Å². The van der Waals surface area contributed by atoms with E-state index in [1.165, 1.54) is 6.20 Å². The van der Waals surface area contributed by atoms with Gasteiger partial charge in [0.1, 0.15) is 5.60 Å². The molecule has 8 heteroatoms. The zero-order valence-electron chi connectivity index (χ0n) is 17.6. The first kappa shape index (κ1) is 21.8. The van der Waals surface area contributed by atoms with E-state index in [0.29, 0.717) is 5.69 Å². The summed E-state index contributed by atoms with van der Waals surface area (Å²) in [5.74, 6) is -0.901. The van der Waals surface area contributed by atoms with E-state index in [-0.39, 0.29) is 17.8 Å². The highest BCUT2D eigenvalue weighted by molar-refractivity contribution is 6.08.